The second-order valence-electron chi connectivity index (χ2n) is 13.5. The molecule has 0 radical (unpaired) electrons. The highest BCUT2D eigenvalue weighted by atomic mass is 32.2. The summed E-state index contributed by atoms with van der Waals surface area (Å²) in [6.45, 7) is 0.401. The number of esters is 1. The second kappa shape index (κ2) is 16.4. The van der Waals surface area contributed by atoms with Gasteiger partial charge in [-0.25, -0.2) is 21.6 Å². The molecule has 56 heavy (non-hydrogen) atoms. The van der Waals surface area contributed by atoms with Crippen LogP contribution in [0, 0.1) is 0 Å². The molecule has 3 atom stereocenters. The fourth-order valence-electron chi connectivity index (χ4n) is 7.00. The number of rotatable bonds is 12. The first kappa shape index (κ1) is 40.4. The van der Waals surface area contributed by atoms with E-state index in [1.165, 1.54) is 60.7 Å². The van der Waals surface area contributed by atoms with Crippen molar-refractivity contribution in [1.82, 2.24) is 10.2 Å². The van der Waals surface area contributed by atoms with Gasteiger partial charge in [0.15, 0.2) is 15.2 Å². The van der Waals surface area contributed by atoms with Gasteiger partial charge in [0.05, 0.1) is 22.5 Å². The van der Waals surface area contributed by atoms with Crippen molar-refractivity contribution >= 4 is 31.6 Å². The van der Waals surface area contributed by atoms with Crippen LogP contribution in [-0.4, -0.2) is 71.0 Å². The van der Waals surface area contributed by atoms with Gasteiger partial charge < -0.3 is 15.0 Å². The number of ether oxygens (including phenoxy) is 1. The molecule has 1 N–H and O–H groups in total. The van der Waals surface area contributed by atoms with E-state index in [1.54, 1.807) is 12.1 Å². The Morgan fingerprint density at radius 2 is 1.27 bits per heavy atom. The lowest BCUT2D eigenvalue weighted by molar-refractivity contribution is -0.146. The van der Waals surface area contributed by atoms with Crippen LogP contribution < -0.4 is 5.32 Å². The highest BCUT2D eigenvalue weighted by Crippen LogP contribution is 2.35. The minimum atomic E-state index is -4.78. The summed E-state index contributed by atoms with van der Waals surface area (Å²) in [6, 6.07) is 29.8. The van der Waals surface area contributed by atoms with Gasteiger partial charge in [0.1, 0.15) is 6.04 Å². The van der Waals surface area contributed by atoms with Crippen LogP contribution in [0.4, 0.5) is 13.2 Å². The van der Waals surface area contributed by atoms with E-state index in [2.05, 4.69) is 5.32 Å². The number of hydrogen-bond donors (Lipinski definition) is 1. The van der Waals surface area contributed by atoms with Gasteiger partial charge in [-0.3, -0.25) is 4.79 Å². The van der Waals surface area contributed by atoms with Crippen molar-refractivity contribution in [3.8, 4) is 22.3 Å². The molecule has 5 aromatic carbocycles. The fraction of sp³-hybridized carbons (Fsp3) is 0.238. The Kier molecular flexibility index (Phi) is 11.8. The number of nitrogens with one attached hydrogen (secondary N) is 1. The summed E-state index contributed by atoms with van der Waals surface area (Å²) >= 11 is 0. The number of hydrogen-bond acceptors (Lipinski definition) is 8. The predicted octanol–water partition coefficient (Wildman–Crippen LogP) is 7.22. The Hall–Kier alpha value is -5.31. The quantitative estimate of drug-likeness (QED) is 0.131. The third-order valence-electron chi connectivity index (χ3n) is 9.80. The summed E-state index contributed by atoms with van der Waals surface area (Å²) in [5.74, 6) is -1.76. The molecule has 1 saturated heterocycles. The molecule has 6 rings (SSSR count). The zero-order chi connectivity index (χ0) is 40.3. The summed E-state index contributed by atoms with van der Waals surface area (Å²) in [6.07, 6.45) is -2.98. The molecule has 14 heteroatoms. The molecular formula is C42H39F3N2O7S2. The summed E-state index contributed by atoms with van der Waals surface area (Å²) in [7, 11) is -7.73. The maximum Gasteiger partial charge on any atom is 0.416 e. The van der Waals surface area contributed by atoms with Crippen LogP contribution in [0.2, 0.25) is 0 Å². The Bertz CT molecular complexity index is 2400. The number of benzene rings is 5. The van der Waals surface area contributed by atoms with E-state index >= 15 is 8.42 Å². The number of sulfone groups is 2. The van der Waals surface area contributed by atoms with Crippen molar-refractivity contribution in [2.45, 2.75) is 52.7 Å². The van der Waals surface area contributed by atoms with E-state index in [0.717, 1.165) is 41.5 Å². The van der Waals surface area contributed by atoms with E-state index in [1.807, 2.05) is 42.5 Å². The topological polar surface area (TPSA) is 127 Å². The van der Waals surface area contributed by atoms with Gasteiger partial charge in [0.2, 0.25) is 9.84 Å². The molecule has 0 aromatic heterocycles. The maximum absolute atomic E-state index is 15.0. The Morgan fingerprint density at radius 3 is 1.79 bits per heavy atom. The third kappa shape index (κ3) is 8.72. The SMILES string of the molecule is COC(=O)[C@H](Cc1ccc(-c2ccccc2)cc1)N(C(=O)c1ccc(-c2ccc(C(F)(F)F)cc2)cc1)C([C@H]1CCCN1)S(=O)(=O)c1ccccc1S(C)(=O)=O. The Balaban J connectivity index is 1.49. The average Bonchev–Trinajstić information content (AvgIpc) is 3.73. The minimum Gasteiger partial charge on any atom is -0.467 e. The first-order valence-electron chi connectivity index (χ1n) is 17.7. The molecule has 1 fully saturated rings. The van der Waals surface area contributed by atoms with Crippen LogP contribution in [0.15, 0.2) is 137 Å². The van der Waals surface area contributed by atoms with E-state index in [4.69, 9.17) is 4.74 Å². The van der Waals surface area contributed by atoms with Gasteiger partial charge in [0, 0.05) is 24.3 Å². The maximum atomic E-state index is 15.0. The summed E-state index contributed by atoms with van der Waals surface area (Å²) < 4.78 is 101. The van der Waals surface area contributed by atoms with E-state index in [-0.39, 0.29) is 18.4 Å². The van der Waals surface area contributed by atoms with Crippen LogP contribution in [0.3, 0.4) is 0 Å². The zero-order valence-corrected chi connectivity index (χ0v) is 32.1. The smallest absolute Gasteiger partial charge is 0.416 e. The largest absolute Gasteiger partial charge is 0.467 e. The first-order valence-corrected chi connectivity index (χ1v) is 21.1. The lowest BCUT2D eigenvalue weighted by Gasteiger charge is -2.39. The second-order valence-corrected chi connectivity index (χ2v) is 17.5. The highest BCUT2D eigenvalue weighted by molar-refractivity contribution is 7.94. The molecule has 292 valence electrons. The minimum absolute atomic E-state index is 0.0245. The number of carbonyl (C=O) groups is 2. The highest BCUT2D eigenvalue weighted by Gasteiger charge is 2.49. The lowest BCUT2D eigenvalue weighted by Crippen LogP contribution is -2.60. The molecule has 1 aliphatic rings. The molecule has 1 amide bonds. The van der Waals surface area contributed by atoms with Gasteiger partial charge in [-0.2, -0.15) is 13.2 Å². The van der Waals surface area contributed by atoms with Crippen molar-refractivity contribution in [1.29, 1.82) is 0 Å². The van der Waals surface area contributed by atoms with Crippen molar-refractivity contribution in [2.75, 3.05) is 19.9 Å². The molecule has 0 bridgehead atoms. The number of nitrogens with zero attached hydrogens (tertiary/aromatic N) is 1. The number of halogens is 3. The van der Waals surface area contributed by atoms with Crippen molar-refractivity contribution in [3.63, 3.8) is 0 Å². The van der Waals surface area contributed by atoms with Gasteiger partial charge in [-0.05, 0) is 83.6 Å². The van der Waals surface area contributed by atoms with Crippen LogP contribution in [0.1, 0.15) is 34.3 Å². The van der Waals surface area contributed by atoms with Crippen LogP contribution in [0.5, 0.6) is 0 Å². The molecule has 1 heterocycles. The molecule has 0 spiro atoms. The Labute approximate surface area is 324 Å². The van der Waals surface area contributed by atoms with Gasteiger partial charge >= 0.3 is 12.1 Å². The monoisotopic (exact) mass is 804 g/mol. The van der Waals surface area contributed by atoms with Crippen LogP contribution in [-0.2, 0) is 41.8 Å². The first-order chi connectivity index (χ1) is 26.6. The molecule has 5 aromatic rings. The summed E-state index contributed by atoms with van der Waals surface area (Å²) in [4.78, 5) is 28.9. The van der Waals surface area contributed by atoms with E-state index in [0.29, 0.717) is 29.7 Å². The molecular weight excluding hydrogens is 766 g/mol. The van der Waals surface area contributed by atoms with Crippen LogP contribution in [0.25, 0.3) is 22.3 Å². The van der Waals surface area contributed by atoms with Crippen molar-refractivity contribution in [2.24, 2.45) is 0 Å². The fourth-order valence-corrected chi connectivity index (χ4v) is 10.6. The van der Waals surface area contributed by atoms with Crippen molar-refractivity contribution in [3.05, 3.63) is 144 Å². The number of carbonyl (C=O) groups excluding carboxylic acids is 2. The Morgan fingerprint density at radius 1 is 0.750 bits per heavy atom. The summed E-state index contributed by atoms with van der Waals surface area (Å²) in [5.41, 5.74) is 2.49. The molecule has 9 nitrogen and oxygen atoms in total. The number of amides is 1. The molecule has 1 unspecified atom stereocenters. The van der Waals surface area contributed by atoms with Crippen LogP contribution >= 0.6 is 0 Å². The number of methoxy groups -OCH3 is 1. The zero-order valence-electron chi connectivity index (χ0n) is 30.4. The van der Waals surface area contributed by atoms with Gasteiger partial charge in [-0.15, -0.1) is 0 Å². The number of alkyl halides is 3. The molecule has 0 saturated carbocycles. The lowest BCUT2D eigenvalue weighted by atomic mass is 9.98. The van der Waals surface area contributed by atoms with Gasteiger partial charge in [-0.1, -0.05) is 91.0 Å². The normalized spacial score (nSPS) is 15.8. The average molecular weight is 805 g/mol. The standard InChI is InChI=1S/C42H39F3N2O7S2/c1-54-41(49)36(27-28-14-16-30(17-15-28)29-9-4-3-5-10-29)47(39(48)33-20-18-31(19-21-33)32-22-24-34(25-23-32)42(43,44)45)40(35-11-8-26-46-35)56(52,53)38-13-7-6-12-37(38)55(2,50)51/h3-7,9-10,12-25,35-36,40,46H,8,11,26-27H2,1-2H3/t35-,36+,40?/m1/s1. The molecule has 1 aliphatic heterocycles. The predicted molar refractivity (Wildman–Crippen MR) is 206 cm³/mol. The van der Waals surface area contributed by atoms with E-state index < -0.39 is 70.5 Å². The third-order valence-corrected chi connectivity index (χ3v) is 13.2. The molecule has 0 aliphatic carbocycles. The summed E-state index contributed by atoms with van der Waals surface area (Å²) in [5, 5.41) is 1.38. The van der Waals surface area contributed by atoms with Crippen molar-refractivity contribution < 1.29 is 44.3 Å². The van der Waals surface area contributed by atoms with Gasteiger partial charge in [0.25, 0.3) is 5.91 Å². The van der Waals surface area contributed by atoms with E-state index in [9.17, 15) is 31.2 Å².